The first-order valence-corrected chi connectivity index (χ1v) is 4.01. The molecule has 2 nitrogen and oxygen atoms in total. The van der Waals surface area contributed by atoms with Crippen LogP contribution in [-0.2, 0) is 0 Å². The summed E-state index contributed by atoms with van der Waals surface area (Å²) in [4.78, 5) is 0. The fraction of sp³-hybridized carbons (Fsp3) is 0.250. The molecule has 0 spiro atoms. The van der Waals surface area contributed by atoms with E-state index in [1.165, 1.54) is 12.1 Å². The number of benzene rings is 1. The van der Waals surface area contributed by atoms with E-state index in [0.29, 0.717) is 5.56 Å². The zero-order chi connectivity index (χ0) is 9.90. The van der Waals surface area contributed by atoms with Crippen LogP contribution in [0.3, 0.4) is 0 Å². The van der Waals surface area contributed by atoms with Gasteiger partial charge in [0, 0.05) is 0 Å². The molecule has 0 bridgehead atoms. The number of hydrazine groups is 1. The molecule has 0 radical (unpaired) electrons. The van der Waals surface area contributed by atoms with Crippen molar-refractivity contribution in [3.63, 3.8) is 0 Å². The van der Waals surface area contributed by atoms with Crippen LogP contribution in [0.2, 0.25) is 0 Å². The van der Waals surface area contributed by atoms with Crippen molar-refractivity contribution >= 4 is 11.6 Å². The van der Waals surface area contributed by atoms with Gasteiger partial charge in [-0.3, -0.25) is 5.84 Å². The maximum atomic E-state index is 12.7. The standard InChI is InChI=1S/C8H9ClF2N2/c9-8(10,11)7(13-12)6-4-2-1-3-5-6/h1-5,7,13H,12H2. The number of halogens is 3. The SMILES string of the molecule is NNC(c1ccccc1)C(F)(F)Cl. The summed E-state index contributed by atoms with van der Waals surface area (Å²) in [6, 6.07) is 6.70. The lowest BCUT2D eigenvalue weighted by atomic mass is 10.1. The minimum absolute atomic E-state index is 0.352. The fourth-order valence-electron chi connectivity index (χ4n) is 1.03. The third kappa shape index (κ3) is 2.62. The maximum absolute atomic E-state index is 12.7. The first-order valence-electron chi connectivity index (χ1n) is 3.63. The Labute approximate surface area is 79.7 Å². The van der Waals surface area contributed by atoms with Crippen LogP contribution in [0.25, 0.3) is 0 Å². The van der Waals surface area contributed by atoms with Gasteiger partial charge in [-0.25, -0.2) is 5.43 Å². The van der Waals surface area contributed by atoms with E-state index in [1.807, 2.05) is 5.43 Å². The van der Waals surface area contributed by atoms with Crippen molar-refractivity contribution in [2.45, 2.75) is 11.4 Å². The molecule has 0 heterocycles. The van der Waals surface area contributed by atoms with Crippen LogP contribution in [0.15, 0.2) is 30.3 Å². The molecule has 0 aromatic heterocycles. The Bertz CT molecular complexity index is 261. The van der Waals surface area contributed by atoms with Gasteiger partial charge in [0.1, 0.15) is 6.04 Å². The van der Waals surface area contributed by atoms with Gasteiger partial charge in [-0.15, -0.1) is 0 Å². The molecule has 13 heavy (non-hydrogen) atoms. The van der Waals surface area contributed by atoms with Crippen molar-refractivity contribution in [3.8, 4) is 0 Å². The lowest BCUT2D eigenvalue weighted by Gasteiger charge is -2.20. The van der Waals surface area contributed by atoms with Crippen molar-refractivity contribution in [1.29, 1.82) is 0 Å². The quantitative estimate of drug-likeness (QED) is 0.451. The van der Waals surface area contributed by atoms with Crippen molar-refractivity contribution in [2.24, 2.45) is 5.84 Å². The van der Waals surface area contributed by atoms with Gasteiger partial charge in [0.05, 0.1) is 0 Å². The molecule has 5 heteroatoms. The van der Waals surface area contributed by atoms with E-state index < -0.39 is 11.4 Å². The predicted octanol–water partition coefficient (Wildman–Crippen LogP) is 2.02. The van der Waals surface area contributed by atoms with Crippen molar-refractivity contribution < 1.29 is 8.78 Å². The van der Waals surface area contributed by atoms with Gasteiger partial charge in [-0.2, -0.15) is 8.78 Å². The normalized spacial score (nSPS) is 14.2. The molecule has 0 aliphatic rings. The second-order valence-corrected chi connectivity index (χ2v) is 3.06. The smallest absolute Gasteiger partial charge is 0.271 e. The van der Waals surface area contributed by atoms with E-state index in [9.17, 15) is 8.78 Å². The summed E-state index contributed by atoms with van der Waals surface area (Å²) in [5.41, 5.74) is 2.33. The van der Waals surface area contributed by atoms with E-state index in [2.05, 4.69) is 0 Å². The second-order valence-electron chi connectivity index (χ2n) is 2.55. The van der Waals surface area contributed by atoms with Crippen LogP contribution in [0.4, 0.5) is 8.78 Å². The summed E-state index contributed by atoms with van der Waals surface area (Å²) in [7, 11) is 0. The molecule has 72 valence electrons. The molecule has 1 atom stereocenters. The van der Waals surface area contributed by atoms with E-state index in [1.54, 1.807) is 18.2 Å². The Morgan fingerprint density at radius 3 is 2.23 bits per heavy atom. The average Bonchev–Trinajstić information content (AvgIpc) is 2.05. The summed E-state index contributed by atoms with van der Waals surface area (Å²) >= 11 is 4.86. The Morgan fingerprint density at radius 2 is 1.85 bits per heavy atom. The van der Waals surface area contributed by atoms with Gasteiger partial charge in [-0.1, -0.05) is 30.3 Å². The highest BCUT2D eigenvalue weighted by Gasteiger charge is 2.37. The van der Waals surface area contributed by atoms with Gasteiger partial charge >= 0.3 is 5.38 Å². The molecule has 0 aliphatic heterocycles. The van der Waals surface area contributed by atoms with Gasteiger partial charge in [-0.05, 0) is 17.2 Å². The lowest BCUT2D eigenvalue weighted by Crippen LogP contribution is -2.37. The summed E-state index contributed by atoms with van der Waals surface area (Å²) in [6.07, 6.45) is 0. The molecule has 0 aliphatic carbocycles. The second kappa shape index (κ2) is 4.00. The van der Waals surface area contributed by atoms with Crippen LogP contribution in [0.5, 0.6) is 0 Å². The fourth-order valence-corrected chi connectivity index (χ4v) is 1.21. The Balaban J connectivity index is 2.92. The summed E-state index contributed by atoms with van der Waals surface area (Å²) < 4.78 is 25.4. The molecule has 1 aromatic rings. The molecule has 1 rings (SSSR count). The zero-order valence-electron chi connectivity index (χ0n) is 6.68. The number of alkyl halides is 3. The van der Waals surface area contributed by atoms with E-state index >= 15 is 0 Å². The van der Waals surface area contributed by atoms with Gasteiger partial charge in [0.2, 0.25) is 0 Å². The van der Waals surface area contributed by atoms with Crippen molar-refractivity contribution in [3.05, 3.63) is 35.9 Å². The third-order valence-electron chi connectivity index (χ3n) is 1.63. The van der Waals surface area contributed by atoms with E-state index in [0.717, 1.165) is 0 Å². The molecular formula is C8H9ClF2N2. The first kappa shape index (κ1) is 10.4. The average molecular weight is 207 g/mol. The Kier molecular flexibility index (Phi) is 3.19. The molecule has 0 saturated carbocycles. The predicted molar refractivity (Wildman–Crippen MR) is 47.3 cm³/mol. The minimum atomic E-state index is -3.39. The van der Waals surface area contributed by atoms with Crippen LogP contribution in [-0.4, -0.2) is 5.38 Å². The Hall–Kier alpha value is -0.710. The van der Waals surface area contributed by atoms with Gasteiger partial charge < -0.3 is 0 Å². The third-order valence-corrected chi connectivity index (χ3v) is 1.85. The van der Waals surface area contributed by atoms with Crippen LogP contribution in [0.1, 0.15) is 11.6 Å². The highest BCUT2D eigenvalue weighted by Crippen LogP contribution is 2.33. The monoisotopic (exact) mass is 206 g/mol. The summed E-state index contributed by atoms with van der Waals surface area (Å²) in [6.45, 7) is 0. The van der Waals surface area contributed by atoms with Crippen LogP contribution < -0.4 is 11.3 Å². The van der Waals surface area contributed by atoms with Crippen LogP contribution >= 0.6 is 11.6 Å². The molecule has 0 fully saturated rings. The topological polar surface area (TPSA) is 38.0 Å². The molecule has 0 saturated heterocycles. The molecule has 0 amide bonds. The van der Waals surface area contributed by atoms with Crippen LogP contribution in [0, 0.1) is 0 Å². The molecular weight excluding hydrogens is 198 g/mol. The lowest BCUT2D eigenvalue weighted by molar-refractivity contribution is 0.0497. The highest BCUT2D eigenvalue weighted by molar-refractivity contribution is 6.22. The molecule has 1 unspecified atom stereocenters. The van der Waals surface area contributed by atoms with E-state index in [4.69, 9.17) is 17.4 Å². The number of hydrogen-bond donors (Lipinski definition) is 2. The highest BCUT2D eigenvalue weighted by atomic mass is 35.5. The minimum Gasteiger partial charge on any atom is -0.271 e. The number of hydrogen-bond acceptors (Lipinski definition) is 2. The summed E-state index contributed by atoms with van der Waals surface area (Å²) in [5, 5.41) is -3.39. The van der Waals surface area contributed by atoms with Crippen molar-refractivity contribution in [1.82, 2.24) is 5.43 Å². The molecule has 1 aromatic carbocycles. The number of rotatable bonds is 3. The first-order chi connectivity index (χ1) is 6.05. The number of nitrogens with two attached hydrogens (primary N) is 1. The largest absolute Gasteiger partial charge is 0.342 e. The molecule has 3 N–H and O–H groups in total. The van der Waals surface area contributed by atoms with E-state index in [-0.39, 0.29) is 0 Å². The van der Waals surface area contributed by atoms with Gasteiger partial charge in [0.25, 0.3) is 0 Å². The Morgan fingerprint density at radius 1 is 1.31 bits per heavy atom. The summed E-state index contributed by atoms with van der Waals surface area (Å²) in [5.74, 6) is 4.98. The van der Waals surface area contributed by atoms with Gasteiger partial charge in [0.15, 0.2) is 0 Å². The van der Waals surface area contributed by atoms with Crippen molar-refractivity contribution in [2.75, 3.05) is 0 Å². The number of nitrogens with one attached hydrogen (secondary N) is 1. The zero-order valence-corrected chi connectivity index (χ0v) is 7.43. The maximum Gasteiger partial charge on any atom is 0.342 e.